The monoisotopic (exact) mass is 332 g/mol. The summed E-state index contributed by atoms with van der Waals surface area (Å²) in [5, 5.41) is 5.61. The van der Waals surface area contributed by atoms with Gasteiger partial charge in [-0.3, -0.25) is 9.59 Å². The summed E-state index contributed by atoms with van der Waals surface area (Å²) in [6.07, 6.45) is 9.31. The largest absolute Gasteiger partial charge is 0.495 e. The number of carbonyl (C=O) groups excluding carboxylic acids is 2. The molecule has 5 heteroatoms. The third-order valence-corrected chi connectivity index (χ3v) is 4.53. The minimum atomic E-state index is -0.177. The zero-order valence-electron chi connectivity index (χ0n) is 14.7. The Morgan fingerprint density at radius 2 is 1.92 bits per heavy atom. The molecule has 0 spiro atoms. The molecule has 2 amide bonds. The maximum atomic E-state index is 12.1. The van der Waals surface area contributed by atoms with Crippen LogP contribution in [0.4, 0.5) is 11.4 Å². The molecule has 0 saturated heterocycles. The highest BCUT2D eigenvalue weighted by Crippen LogP contribution is 2.29. The van der Waals surface area contributed by atoms with Gasteiger partial charge < -0.3 is 15.4 Å². The first-order valence-electron chi connectivity index (χ1n) is 8.84. The Morgan fingerprint density at radius 1 is 1.17 bits per heavy atom. The standard InChI is InChI=1S/C19H28N2O3/c1-14(22)20-17-13-16(11-12-18(17)24-2)21-19(23)10-6-9-15-7-4-3-5-8-15/h11-13,15H,3-10H2,1-2H3,(H,20,22)(H,21,23). The fraction of sp³-hybridized carbons (Fsp3) is 0.579. The number of rotatable bonds is 7. The van der Waals surface area contributed by atoms with Gasteiger partial charge in [-0.25, -0.2) is 0 Å². The third-order valence-electron chi connectivity index (χ3n) is 4.53. The molecule has 0 aliphatic heterocycles. The lowest BCUT2D eigenvalue weighted by Gasteiger charge is -2.21. The number of methoxy groups -OCH3 is 1. The number of anilines is 2. The Balaban J connectivity index is 1.83. The zero-order chi connectivity index (χ0) is 17.4. The molecule has 0 heterocycles. The van der Waals surface area contributed by atoms with Crippen LogP contribution in [-0.2, 0) is 9.59 Å². The minimum Gasteiger partial charge on any atom is -0.495 e. The lowest BCUT2D eigenvalue weighted by atomic mass is 9.86. The first kappa shape index (κ1) is 18.3. The molecule has 1 aliphatic rings. The van der Waals surface area contributed by atoms with Gasteiger partial charge in [-0.15, -0.1) is 0 Å². The Labute approximate surface area is 144 Å². The van der Waals surface area contributed by atoms with E-state index >= 15 is 0 Å². The Kier molecular flexibility index (Phi) is 7.09. The van der Waals surface area contributed by atoms with E-state index in [1.165, 1.54) is 39.0 Å². The SMILES string of the molecule is COc1ccc(NC(=O)CCCC2CCCCC2)cc1NC(C)=O. The molecule has 1 aliphatic carbocycles. The van der Waals surface area contributed by atoms with Gasteiger partial charge >= 0.3 is 0 Å². The van der Waals surface area contributed by atoms with Crippen molar-refractivity contribution >= 4 is 23.2 Å². The van der Waals surface area contributed by atoms with E-state index in [1.54, 1.807) is 25.3 Å². The zero-order valence-corrected chi connectivity index (χ0v) is 14.7. The fourth-order valence-electron chi connectivity index (χ4n) is 3.32. The van der Waals surface area contributed by atoms with Crippen LogP contribution >= 0.6 is 0 Å². The topological polar surface area (TPSA) is 67.4 Å². The molecule has 2 rings (SSSR count). The van der Waals surface area contributed by atoms with Gasteiger partial charge in [-0.05, 0) is 37.0 Å². The van der Waals surface area contributed by atoms with E-state index in [0.717, 1.165) is 18.8 Å². The van der Waals surface area contributed by atoms with E-state index < -0.39 is 0 Å². The number of carbonyl (C=O) groups is 2. The highest BCUT2D eigenvalue weighted by Gasteiger charge is 2.14. The normalized spacial score (nSPS) is 14.9. The van der Waals surface area contributed by atoms with Gasteiger partial charge in [0, 0.05) is 19.0 Å². The van der Waals surface area contributed by atoms with Gasteiger partial charge in [0.2, 0.25) is 11.8 Å². The van der Waals surface area contributed by atoms with Gasteiger partial charge in [0.25, 0.3) is 0 Å². The Morgan fingerprint density at radius 3 is 2.58 bits per heavy atom. The molecule has 0 unspecified atom stereocenters. The van der Waals surface area contributed by atoms with Crippen molar-refractivity contribution in [2.24, 2.45) is 5.92 Å². The summed E-state index contributed by atoms with van der Waals surface area (Å²) in [6, 6.07) is 5.24. The number of nitrogens with one attached hydrogen (secondary N) is 2. The predicted molar refractivity (Wildman–Crippen MR) is 96.4 cm³/mol. The summed E-state index contributed by atoms with van der Waals surface area (Å²) in [5.41, 5.74) is 1.23. The van der Waals surface area contributed by atoms with E-state index in [4.69, 9.17) is 4.74 Å². The summed E-state index contributed by atoms with van der Waals surface area (Å²) < 4.78 is 5.21. The lowest BCUT2D eigenvalue weighted by Crippen LogP contribution is -2.13. The minimum absolute atomic E-state index is 0.0183. The van der Waals surface area contributed by atoms with Crippen LogP contribution in [0.2, 0.25) is 0 Å². The van der Waals surface area contributed by atoms with Gasteiger partial charge in [0.1, 0.15) is 5.75 Å². The van der Waals surface area contributed by atoms with Gasteiger partial charge in [0.05, 0.1) is 12.8 Å². The van der Waals surface area contributed by atoms with Crippen molar-refractivity contribution in [2.75, 3.05) is 17.7 Å². The van der Waals surface area contributed by atoms with Crippen LogP contribution in [0, 0.1) is 5.92 Å². The van der Waals surface area contributed by atoms with E-state index in [1.807, 2.05) is 0 Å². The Bertz CT molecular complexity index is 566. The quantitative estimate of drug-likeness (QED) is 0.780. The number of hydrogen-bond acceptors (Lipinski definition) is 3. The second kappa shape index (κ2) is 9.30. The molecule has 1 fully saturated rings. The van der Waals surface area contributed by atoms with Gasteiger partial charge in [-0.1, -0.05) is 32.1 Å². The number of hydrogen-bond donors (Lipinski definition) is 2. The summed E-state index contributed by atoms with van der Waals surface area (Å²) in [5.74, 6) is 1.22. The highest BCUT2D eigenvalue weighted by molar-refractivity contribution is 5.94. The van der Waals surface area contributed by atoms with Crippen molar-refractivity contribution in [2.45, 2.75) is 58.3 Å². The van der Waals surface area contributed by atoms with Crippen LogP contribution < -0.4 is 15.4 Å². The van der Waals surface area contributed by atoms with Crippen LogP contribution in [0.3, 0.4) is 0 Å². The average Bonchev–Trinajstić information content (AvgIpc) is 2.55. The molecule has 2 N–H and O–H groups in total. The molecule has 1 saturated carbocycles. The van der Waals surface area contributed by atoms with Crippen LogP contribution in [0.5, 0.6) is 5.75 Å². The number of benzene rings is 1. The molecule has 0 atom stereocenters. The average molecular weight is 332 g/mol. The van der Waals surface area contributed by atoms with E-state index in [-0.39, 0.29) is 11.8 Å². The molecular formula is C19H28N2O3. The first-order chi connectivity index (χ1) is 11.6. The van der Waals surface area contributed by atoms with Crippen molar-refractivity contribution in [3.63, 3.8) is 0 Å². The van der Waals surface area contributed by atoms with E-state index in [0.29, 0.717) is 23.5 Å². The van der Waals surface area contributed by atoms with Crippen molar-refractivity contribution in [1.82, 2.24) is 0 Å². The summed E-state index contributed by atoms with van der Waals surface area (Å²) >= 11 is 0. The fourth-order valence-corrected chi connectivity index (χ4v) is 3.32. The molecule has 0 radical (unpaired) electrons. The van der Waals surface area contributed by atoms with Crippen LogP contribution in [0.1, 0.15) is 58.3 Å². The summed E-state index contributed by atoms with van der Waals surface area (Å²) in [7, 11) is 1.55. The summed E-state index contributed by atoms with van der Waals surface area (Å²) in [6.45, 7) is 1.44. The van der Waals surface area contributed by atoms with Crippen LogP contribution in [0.25, 0.3) is 0 Å². The Hall–Kier alpha value is -2.04. The van der Waals surface area contributed by atoms with Gasteiger partial charge in [-0.2, -0.15) is 0 Å². The second-order valence-electron chi connectivity index (χ2n) is 6.54. The predicted octanol–water partition coefficient (Wildman–Crippen LogP) is 4.34. The maximum Gasteiger partial charge on any atom is 0.224 e. The molecule has 24 heavy (non-hydrogen) atoms. The molecule has 0 aromatic heterocycles. The number of amides is 2. The molecule has 0 bridgehead atoms. The van der Waals surface area contributed by atoms with E-state index in [2.05, 4.69) is 10.6 Å². The van der Waals surface area contributed by atoms with Crippen molar-refractivity contribution in [3.8, 4) is 5.75 Å². The molecule has 1 aromatic carbocycles. The van der Waals surface area contributed by atoms with Crippen LogP contribution in [0.15, 0.2) is 18.2 Å². The molecule has 1 aromatic rings. The van der Waals surface area contributed by atoms with E-state index in [9.17, 15) is 9.59 Å². The van der Waals surface area contributed by atoms with Crippen molar-refractivity contribution < 1.29 is 14.3 Å². The van der Waals surface area contributed by atoms with Gasteiger partial charge in [0.15, 0.2) is 0 Å². The number of ether oxygens (including phenoxy) is 1. The van der Waals surface area contributed by atoms with Crippen molar-refractivity contribution in [1.29, 1.82) is 0 Å². The molecular weight excluding hydrogens is 304 g/mol. The molecule has 5 nitrogen and oxygen atoms in total. The maximum absolute atomic E-state index is 12.1. The highest BCUT2D eigenvalue weighted by atomic mass is 16.5. The lowest BCUT2D eigenvalue weighted by molar-refractivity contribution is -0.116. The van der Waals surface area contributed by atoms with Crippen molar-refractivity contribution in [3.05, 3.63) is 18.2 Å². The van der Waals surface area contributed by atoms with Crippen LogP contribution in [-0.4, -0.2) is 18.9 Å². The first-order valence-corrected chi connectivity index (χ1v) is 8.84. The summed E-state index contributed by atoms with van der Waals surface area (Å²) in [4.78, 5) is 23.4. The smallest absolute Gasteiger partial charge is 0.224 e. The molecule has 132 valence electrons. The third kappa shape index (κ3) is 5.87. The second-order valence-corrected chi connectivity index (χ2v) is 6.54.